The number of thiazole rings is 1. The minimum Gasteiger partial charge on any atom is -0.494 e. The molecule has 152 valence electrons. The van der Waals surface area contributed by atoms with Crippen molar-refractivity contribution in [2.24, 2.45) is 0 Å². The summed E-state index contributed by atoms with van der Waals surface area (Å²) < 4.78 is 12.2. The van der Waals surface area contributed by atoms with Crippen molar-refractivity contribution in [3.8, 4) is 5.75 Å². The van der Waals surface area contributed by atoms with Gasteiger partial charge in [0, 0.05) is 11.6 Å². The van der Waals surface area contributed by atoms with Crippen LogP contribution < -0.4 is 9.64 Å². The molecule has 0 aliphatic carbocycles. The smallest absolute Gasteiger partial charge is 0.233 e. The largest absolute Gasteiger partial charge is 0.494 e. The number of ether oxygens (including phenoxy) is 2. The summed E-state index contributed by atoms with van der Waals surface area (Å²) in [6.07, 6.45) is 2.34. The summed E-state index contributed by atoms with van der Waals surface area (Å²) in [5.74, 6) is 0.817. The predicted octanol–water partition coefficient (Wildman–Crippen LogP) is 5.10. The summed E-state index contributed by atoms with van der Waals surface area (Å²) in [5, 5.41) is 1.35. The Kier molecular flexibility index (Phi) is 6.33. The van der Waals surface area contributed by atoms with Gasteiger partial charge in [-0.1, -0.05) is 35.1 Å². The first-order valence-corrected chi connectivity index (χ1v) is 11.0. The zero-order valence-electron chi connectivity index (χ0n) is 16.3. The first kappa shape index (κ1) is 20.1. The Labute approximate surface area is 179 Å². The average Bonchev–Trinajstić information content (AvgIpc) is 3.36. The summed E-state index contributed by atoms with van der Waals surface area (Å²) in [4.78, 5) is 19.7. The molecule has 2 aromatic carbocycles. The van der Waals surface area contributed by atoms with Crippen molar-refractivity contribution in [2.75, 3.05) is 24.7 Å². The molecule has 1 aliphatic rings. The van der Waals surface area contributed by atoms with Crippen LogP contribution in [-0.4, -0.2) is 36.8 Å². The van der Waals surface area contributed by atoms with Gasteiger partial charge in [-0.2, -0.15) is 0 Å². The minimum absolute atomic E-state index is 0.00909. The molecule has 0 spiro atoms. The number of rotatable bonds is 7. The topological polar surface area (TPSA) is 51.7 Å². The molecular formula is C22H23ClN2O3S. The van der Waals surface area contributed by atoms with Gasteiger partial charge in [0.15, 0.2) is 5.13 Å². The zero-order valence-corrected chi connectivity index (χ0v) is 17.8. The van der Waals surface area contributed by atoms with E-state index in [4.69, 9.17) is 21.1 Å². The Balaban J connectivity index is 1.57. The fourth-order valence-corrected chi connectivity index (χ4v) is 4.69. The molecule has 0 radical (unpaired) electrons. The van der Waals surface area contributed by atoms with E-state index < -0.39 is 0 Å². The average molecular weight is 431 g/mol. The number of amides is 1. The number of anilines is 1. The maximum absolute atomic E-state index is 13.2. The molecule has 1 amide bonds. The van der Waals surface area contributed by atoms with Gasteiger partial charge in [0.2, 0.25) is 5.91 Å². The van der Waals surface area contributed by atoms with Crippen LogP contribution in [0.15, 0.2) is 42.5 Å². The van der Waals surface area contributed by atoms with Crippen LogP contribution in [0.3, 0.4) is 0 Å². The van der Waals surface area contributed by atoms with Gasteiger partial charge in [0.1, 0.15) is 5.75 Å². The standard InChI is InChI=1S/C22H23ClN2O3S/c1-2-27-17-8-5-15(6-9-17)12-21(26)25(14-18-4-3-11-28-18)22-24-19-10-7-16(23)13-20(19)29-22/h5-10,13,18H,2-4,11-12,14H2,1H3. The Hall–Kier alpha value is -2.15. The first-order chi connectivity index (χ1) is 14.1. The predicted molar refractivity (Wildman–Crippen MR) is 117 cm³/mol. The first-order valence-electron chi connectivity index (χ1n) is 9.82. The summed E-state index contributed by atoms with van der Waals surface area (Å²) in [7, 11) is 0. The Morgan fingerprint density at radius 1 is 1.31 bits per heavy atom. The van der Waals surface area contributed by atoms with E-state index in [1.54, 1.807) is 4.90 Å². The third kappa shape index (κ3) is 4.89. The van der Waals surface area contributed by atoms with Crippen LogP contribution in [0.2, 0.25) is 5.02 Å². The Bertz CT molecular complexity index is 983. The summed E-state index contributed by atoms with van der Waals surface area (Å²) in [6, 6.07) is 13.3. The SMILES string of the molecule is CCOc1ccc(CC(=O)N(CC2CCCO2)c2nc3ccc(Cl)cc3s2)cc1. The van der Waals surface area contributed by atoms with Gasteiger partial charge in [-0.25, -0.2) is 4.98 Å². The molecular weight excluding hydrogens is 408 g/mol. The highest BCUT2D eigenvalue weighted by Gasteiger charge is 2.26. The Morgan fingerprint density at radius 2 is 2.14 bits per heavy atom. The quantitative estimate of drug-likeness (QED) is 0.523. The molecule has 1 fully saturated rings. The lowest BCUT2D eigenvalue weighted by molar-refractivity contribution is -0.118. The lowest BCUT2D eigenvalue weighted by Crippen LogP contribution is -2.38. The molecule has 1 saturated heterocycles. The Morgan fingerprint density at radius 3 is 2.86 bits per heavy atom. The van der Waals surface area contributed by atoms with E-state index in [2.05, 4.69) is 4.98 Å². The number of aromatic nitrogens is 1. The molecule has 4 rings (SSSR count). The van der Waals surface area contributed by atoms with Crippen molar-refractivity contribution in [2.45, 2.75) is 32.3 Å². The van der Waals surface area contributed by atoms with Crippen molar-refractivity contribution < 1.29 is 14.3 Å². The van der Waals surface area contributed by atoms with Crippen LogP contribution in [-0.2, 0) is 16.0 Å². The molecule has 1 aliphatic heterocycles. The second-order valence-electron chi connectivity index (χ2n) is 7.00. The highest BCUT2D eigenvalue weighted by Crippen LogP contribution is 2.32. The van der Waals surface area contributed by atoms with E-state index in [0.29, 0.717) is 29.7 Å². The van der Waals surface area contributed by atoms with Crippen molar-refractivity contribution >= 4 is 44.2 Å². The molecule has 1 unspecified atom stereocenters. The lowest BCUT2D eigenvalue weighted by Gasteiger charge is -2.23. The zero-order chi connectivity index (χ0) is 20.2. The minimum atomic E-state index is 0.00909. The van der Waals surface area contributed by atoms with Gasteiger partial charge < -0.3 is 9.47 Å². The third-order valence-electron chi connectivity index (χ3n) is 4.87. The monoisotopic (exact) mass is 430 g/mol. The fraction of sp³-hybridized carbons (Fsp3) is 0.364. The molecule has 1 aromatic heterocycles. The molecule has 2 heterocycles. The normalized spacial score (nSPS) is 16.3. The molecule has 7 heteroatoms. The molecule has 29 heavy (non-hydrogen) atoms. The van der Waals surface area contributed by atoms with Crippen molar-refractivity contribution in [1.82, 2.24) is 4.98 Å². The maximum atomic E-state index is 13.2. The number of halogens is 1. The molecule has 0 bridgehead atoms. The van der Waals surface area contributed by atoms with Gasteiger partial charge in [-0.15, -0.1) is 0 Å². The van der Waals surface area contributed by atoms with Crippen LogP contribution in [0.5, 0.6) is 5.75 Å². The molecule has 0 saturated carbocycles. The lowest BCUT2D eigenvalue weighted by atomic mass is 10.1. The fourth-order valence-electron chi connectivity index (χ4n) is 3.42. The number of carbonyl (C=O) groups excluding carboxylic acids is 1. The van der Waals surface area contributed by atoms with Crippen LogP contribution in [0.1, 0.15) is 25.3 Å². The van der Waals surface area contributed by atoms with E-state index >= 15 is 0 Å². The number of hydrogen-bond donors (Lipinski definition) is 0. The van der Waals surface area contributed by atoms with E-state index in [1.165, 1.54) is 11.3 Å². The highest BCUT2D eigenvalue weighted by atomic mass is 35.5. The molecule has 0 N–H and O–H groups in total. The van der Waals surface area contributed by atoms with E-state index in [9.17, 15) is 4.79 Å². The molecule has 5 nitrogen and oxygen atoms in total. The van der Waals surface area contributed by atoms with E-state index in [0.717, 1.165) is 41.0 Å². The van der Waals surface area contributed by atoms with Crippen molar-refractivity contribution in [1.29, 1.82) is 0 Å². The van der Waals surface area contributed by atoms with Crippen LogP contribution in [0.25, 0.3) is 10.2 Å². The number of benzene rings is 2. The van der Waals surface area contributed by atoms with Gasteiger partial charge in [0.05, 0.1) is 35.9 Å². The summed E-state index contributed by atoms with van der Waals surface area (Å²) in [5.41, 5.74) is 1.79. The van der Waals surface area contributed by atoms with Crippen molar-refractivity contribution in [3.63, 3.8) is 0 Å². The summed E-state index contributed by atoms with van der Waals surface area (Å²) >= 11 is 7.60. The van der Waals surface area contributed by atoms with E-state index in [1.807, 2.05) is 49.4 Å². The second-order valence-corrected chi connectivity index (χ2v) is 8.45. The van der Waals surface area contributed by atoms with Crippen LogP contribution in [0, 0.1) is 0 Å². The maximum Gasteiger partial charge on any atom is 0.233 e. The van der Waals surface area contributed by atoms with Crippen LogP contribution in [0.4, 0.5) is 5.13 Å². The van der Waals surface area contributed by atoms with Crippen molar-refractivity contribution in [3.05, 3.63) is 53.1 Å². The number of carbonyl (C=O) groups is 1. The summed E-state index contributed by atoms with van der Waals surface area (Å²) in [6.45, 7) is 3.84. The highest BCUT2D eigenvalue weighted by molar-refractivity contribution is 7.22. The van der Waals surface area contributed by atoms with Crippen LogP contribution >= 0.6 is 22.9 Å². The number of hydrogen-bond acceptors (Lipinski definition) is 5. The van der Waals surface area contributed by atoms with Gasteiger partial charge in [0.25, 0.3) is 0 Å². The third-order valence-corrected chi connectivity index (χ3v) is 6.15. The second kappa shape index (κ2) is 9.11. The number of fused-ring (bicyclic) bond motifs is 1. The van der Waals surface area contributed by atoms with Gasteiger partial charge in [-0.05, 0) is 55.7 Å². The van der Waals surface area contributed by atoms with Gasteiger partial charge >= 0.3 is 0 Å². The van der Waals surface area contributed by atoms with E-state index in [-0.39, 0.29) is 12.0 Å². The number of nitrogens with zero attached hydrogens (tertiary/aromatic N) is 2. The van der Waals surface area contributed by atoms with Gasteiger partial charge in [-0.3, -0.25) is 9.69 Å². The molecule has 3 aromatic rings. The molecule has 1 atom stereocenters.